The van der Waals surface area contributed by atoms with Crippen molar-refractivity contribution in [3.05, 3.63) is 71.3 Å². The molecule has 0 spiro atoms. The van der Waals surface area contributed by atoms with Crippen molar-refractivity contribution in [3.8, 4) is 0 Å². The lowest BCUT2D eigenvalue weighted by atomic mass is 9.99. The summed E-state index contributed by atoms with van der Waals surface area (Å²) in [6, 6.07) is 16.8. The Hall–Kier alpha value is -2.69. The first kappa shape index (κ1) is 18.7. The number of amides is 2. The Morgan fingerprint density at radius 3 is 2.21 bits per heavy atom. The molecule has 2 aliphatic heterocycles. The van der Waals surface area contributed by atoms with Gasteiger partial charge in [-0.3, -0.25) is 9.59 Å². The van der Waals surface area contributed by atoms with Crippen LogP contribution in [0.5, 0.6) is 0 Å². The van der Waals surface area contributed by atoms with Crippen LogP contribution >= 0.6 is 0 Å². The van der Waals surface area contributed by atoms with Crippen molar-refractivity contribution >= 4 is 11.8 Å². The highest BCUT2D eigenvalue weighted by Crippen LogP contribution is 2.37. The first-order valence-corrected chi connectivity index (χ1v) is 10.0. The SMILES string of the molecule is O=C(NCCc1ccc(C(=O)N2C3CCC2CC(F)C3)cc1)c1ccccc1. The van der Waals surface area contributed by atoms with Crippen LogP contribution in [0.1, 0.15) is 52.0 Å². The zero-order valence-corrected chi connectivity index (χ0v) is 15.8. The molecule has 2 saturated heterocycles. The monoisotopic (exact) mass is 380 g/mol. The zero-order valence-electron chi connectivity index (χ0n) is 15.8. The molecule has 2 aromatic rings. The number of nitrogens with one attached hydrogen (secondary N) is 1. The number of hydrogen-bond acceptors (Lipinski definition) is 2. The molecule has 5 heteroatoms. The molecule has 2 amide bonds. The molecule has 28 heavy (non-hydrogen) atoms. The predicted molar refractivity (Wildman–Crippen MR) is 106 cm³/mol. The predicted octanol–water partition coefficient (Wildman–Crippen LogP) is 3.76. The molecule has 0 aromatic heterocycles. The Kier molecular flexibility index (Phi) is 5.42. The maximum absolute atomic E-state index is 13.7. The first-order valence-electron chi connectivity index (χ1n) is 10.0. The van der Waals surface area contributed by atoms with Crippen molar-refractivity contribution in [2.24, 2.45) is 0 Å². The van der Waals surface area contributed by atoms with E-state index in [-0.39, 0.29) is 23.9 Å². The highest BCUT2D eigenvalue weighted by molar-refractivity contribution is 5.95. The molecule has 1 N–H and O–H groups in total. The molecule has 146 valence electrons. The number of rotatable bonds is 5. The molecule has 0 aliphatic carbocycles. The van der Waals surface area contributed by atoms with Crippen molar-refractivity contribution in [2.45, 2.75) is 50.4 Å². The zero-order chi connectivity index (χ0) is 19.5. The van der Waals surface area contributed by atoms with Crippen molar-refractivity contribution < 1.29 is 14.0 Å². The number of halogens is 1. The number of piperidine rings is 1. The number of carbonyl (C=O) groups is 2. The second kappa shape index (κ2) is 8.13. The summed E-state index contributed by atoms with van der Waals surface area (Å²) in [5.74, 6) is -0.0672. The van der Waals surface area contributed by atoms with Crippen LogP contribution in [0.3, 0.4) is 0 Å². The van der Waals surface area contributed by atoms with Crippen LogP contribution in [0, 0.1) is 0 Å². The number of benzene rings is 2. The summed E-state index contributed by atoms with van der Waals surface area (Å²) < 4.78 is 13.7. The van der Waals surface area contributed by atoms with Crippen molar-refractivity contribution in [2.75, 3.05) is 6.54 Å². The van der Waals surface area contributed by atoms with Crippen LogP contribution in [0.4, 0.5) is 4.39 Å². The molecule has 2 aliphatic rings. The van der Waals surface area contributed by atoms with Crippen LogP contribution in [0.2, 0.25) is 0 Å². The molecular formula is C23H25FN2O2. The Morgan fingerprint density at radius 1 is 0.929 bits per heavy atom. The molecule has 0 saturated carbocycles. The van der Waals surface area contributed by atoms with Gasteiger partial charge in [0.05, 0.1) is 0 Å². The molecule has 2 aromatic carbocycles. The van der Waals surface area contributed by atoms with Crippen LogP contribution in [0.15, 0.2) is 54.6 Å². The molecule has 2 bridgehead atoms. The summed E-state index contributed by atoms with van der Waals surface area (Å²) in [7, 11) is 0. The van der Waals surface area contributed by atoms with Gasteiger partial charge in [-0.2, -0.15) is 0 Å². The van der Waals surface area contributed by atoms with Gasteiger partial charge >= 0.3 is 0 Å². The number of alkyl halides is 1. The van der Waals surface area contributed by atoms with E-state index in [2.05, 4.69) is 5.32 Å². The number of hydrogen-bond donors (Lipinski definition) is 1. The van der Waals surface area contributed by atoms with Crippen LogP contribution in [-0.4, -0.2) is 41.5 Å². The molecular weight excluding hydrogens is 355 g/mol. The third-order valence-electron chi connectivity index (χ3n) is 5.85. The Bertz CT molecular complexity index is 823. The van der Waals surface area contributed by atoms with Crippen molar-refractivity contribution in [1.29, 1.82) is 0 Å². The van der Waals surface area contributed by atoms with Gasteiger partial charge in [-0.1, -0.05) is 30.3 Å². The molecule has 4 rings (SSSR count). The average molecular weight is 380 g/mol. The fourth-order valence-corrected chi connectivity index (χ4v) is 4.42. The Balaban J connectivity index is 1.32. The lowest BCUT2D eigenvalue weighted by Gasteiger charge is -2.36. The quantitative estimate of drug-likeness (QED) is 0.859. The van der Waals surface area contributed by atoms with E-state index in [4.69, 9.17) is 0 Å². The maximum atomic E-state index is 13.7. The van der Waals surface area contributed by atoms with E-state index in [1.54, 1.807) is 12.1 Å². The van der Waals surface area contributed by atoms with E-state index in [9.17, 15) is 14.0 Å². The van der Waals surface area contributed by atoms with E-state index < -0.39 is 6.17 Å². The fraction of sp³-hybridized carbons (Fsp3) is 0.391. The smallest absolute Gasteiger partial charge is 0.254 e. The summed E-state index contributed by atoms with van der Waals surface area (Å²) in [5.41, 5.74) is 2.37. The minimum absolute atomic E-state index is 0.0170. The second-order valence-corrected chi connectivity index (χ2v) is 7.73. The molecule has 0 radical (unpaired) electrons. The molecule has 2 heterocycles. The Morgan fingerprint density at radius 2 is 1.57 bits per heavy atom. The van der Waals surface area contributed by atoms with E-state index in [0.717, 1.165) is 18.4 Å². The van der Waals surface area contributed by atoms with Crippen LogP contribution < -0.4 is 5.32 Å². The summed E-state index contributed by atoms with van der Waals surface area (Å²) in [5, 5.41) is 2.91. The topological polar surface area (TPSA) is 49.4 Å². The lowest BCUT2D eigenvalue weighted by Crippen LogP contribution is -2.47. The summed E-state index contributed by atoms with van der Waals surface area (Å²) >= 11 is 0. The molecule has 2 unspecified atom stereocenters. The fourth-order valence-electron chi connectivity index (χ4n) is 4.42. The van der Waals surface area contributed by atoms with Gasteiger partial charge < -0.3 is 10.2 Å². The standard InChI is InChI=1S/C23H25FN2O2/c24-19-14-20-10-11-21(15-19)26(20)23(28)18-8-6-16(7-9-18)12-13-25-22(27)17-4-2-1-3-5-17/h1-9,19-21H,10-15H2,(H,25,27). The van der Waals surface area contributed by atoms with Crippen LogP contribution in [0.25, 0.3) is 0 Å². The molecule has 2 atom stereocenters. The van der Waals surface area contributed by atoms with Crippen molar-refractivity contribution in [1.82, 2.24) is 10.2 Å². The second-order valence-electron chi connectivity index (χ2n) is 7.73. The van der Waals surface area contributed by atoms with Gasteiger partial charge in [-0.15, -0.1) is 0 Å². The first-order chi connectivity index (χ1) is 13.6. The van der Waals surface area contributed by atoms with Gasteiger partial charge in [0.25, 0.3) is 11.8 Å². The summed E-state index contributed by atoms with van der Waals surface area (Å²) in [6.07, 6.45) is 2.70. The van der Waals surface area contributed by atoms with Gasteiger partial charge in [-0.05, 0) is 61.9 Å². The highest BCUT2D eigenvalue weighted by Gasteiger charge is 2.43. The molecule has 4 nitrogen and oxygen atoms in total. The van der Waals surface area contributed by atoms with E-state index in [1.165, 1.54) is 0 Å². The molecule has 2 fully saturated rings. The van der Waals surface area contributed by atoms with Gasteiger partial charge in [0.1, 0.15) is 6.17 Å². The van der Waals surface area contributed by atoms with E-state index in [1.807, 2.05) is 47.4 Å². The van der Waals surface area contributed by atoms with Crippen LogP contribution in [-0.2, 0) is 6.42 Å². The van der Waals surface area contributed by atoms with E-state index in [0.29, 0.717) is 36.9 Å². The van der Waals surface area contributed by atoms with Gasteiger partial charge in [-0.25, -0.2) is 4.39 Å². The summed E-state index contributed by atoms with van der Waals surface area (Å²) in [6.45, 7) is 0.537. The average Bonchev–Trinajstić information content (AvgIpc) is 2.99. The number of carbonyl (C=O) groups excluding carboxylic acids is 2. The highest BCUT2D eigenvalue weighted by atomic mass is 19.1. The third kappa shape index (κ3) is 3.93. The van der Waals surface area contributed by atoms with Gasteiger partial charge in [0, 0.05) is 29.8 Å². The maximum Gasteiger partial charge on any atom is 0.254 e. The van der Waals surface area contributed by atoms with E-state index >= 15 is 0 Å². The van der Waals surface area contributed by atoms with Gasteiger partial charge in [0.2, 0.25) is 0 Å². The Labute approximate surface area is 164 Å². The summed E-state index contributed by atoms with van der Waals surface area (Å²) in [4.78, 5) is 26.8. The normalized spacial score (nSPS) is 23.5. The number of fused-ring (bicyclic) bond motifs is 2. The minimum Gasteiger partial charge on any atom is -0.352 e. The minimum atomic E-state index is -0.768. The largest absolute Gasteiger partial charge is 0.352 e. The van der Waals surface area contributed by atoms with Gasteiger partial charge in [0.15, 0.2) is 0 Å². The lowest BCUT2D eigenvalue weighted by molar-refractivity contribution is 0.0479. The number of nitrogens with zero attached hydrogens (tertiary/aromatic N) is 1. The third-order valence-corrected chi connectivity index (χ3v) is 5.85. The van der Waals surface area contributed by atoms with Crippen molar-refractivity contribution in [3.63, 3.8) is 0 Å².